The molecule has 0 saturated carbocycles. The van der Waals surface area contributed by atoms with Gasteiger partial charge in [0.2, 0.25) is 0 Å². The van der Waals surface area contributed by atoms with E-state index in [2.05, 4.69) is 0 Å². The lowest BCUT2D eigenvalue weighted by Gasteiger charge is -2.00. The van der Waals surface area contributed by atoms with Gasteiger partial charge in [-0.05, 0) is 5.46 Å². The Morgan fingerprint density at radius 3 is 2.15 bits per heavy atom. The molecule has 0 radical (unpaired) electrons. The first kappa shape index (κ1) is 11.9. The molecule has 0 aliphatic heterocycles. The van der Waals surface area contributed by atoms with E-state index >= 15 is 0 Å². The predicted octanol–water partition coefficient (Wildman–Crippen LogP) is 0.205. The fourth-order valence-electron chi connectivity index (χ4n) is 0.853. The lowest BCUT2D eigenvalue weighted by atomic mass is 9.77. The summed E-state index contributed by atoms with van der Waals surface area (Å²) < 4.78 is 0. The Morgan fingerprint density at radius 1 is 1.23 bits per heavy atom. The van der Waals surface area contributed by atoms with E-state index in [9.17, 15) is 4.79 Å². The highest BCUT2D eigenvalue weighted by Crippen LogP contribution is 1.92. The number of carbonyl (C=O) groups is 1. The van der Waals surface area contributed by atoms with Gasteiger partial charge in [0.25, 0.3) is 0 Å². The number of rotatable bonds is 2. The minimum absolute atomic E-state index is 0.238. The molecule has 0 aliphatic rings. The topological polar surface area (TPSA) is 57.5 Å². The molecular weight excluding hydrogens is 167 g/mol. The van der Waals surface area contributed by atoms with Crippen molar-refractivity contribution in [3.8, 4) is 0 Å². The summed E-state index contributed by atoms with van der Waals surface area (Å²) in [5.74, 6) is 0. The van der Waals surface area contributed by atoms with Crippen molar-refractivity contribution < 1.29 is 14.8 Å². The number of hydrogen-bond acceptors (Lipinski definition) is 3. The quantitative estimate of drug-likeness (QED) is 0.505. The third-order valence-electron chi connectivity index (χ3n) is 1.40. The number of hydrogen-bond donors (Lipinski definition) is 2. The van der Waals surface area contributed by atoms with Gasteiger partial charge in [-0.15, -0.1) is 0 Å². The molecule has 1 aromatic carbocycles. The maximum atomic E-state index is 10.3. The van der Waals surface area contributed by atoms with Crippen LogP contribution in [-0.2, 0) is 0 Å². The van der Waals surface area contributed by atoms with E-state index < -0.39 is 7.12 Å². The molecule has 4 heteroatoms. The first-order chi connectivity index (χ1) is 6.25. The Labute approximate surface area is 78.2 Å². The highest BCUT2D eigenvalue weighted by Gasteiger charge is 2.13. The van der Waals surface area contributed by atoms with Crippen LogP contribution in [0.5, 0.6) is 0 Å². The van der Waals surface area contributed by atoms with Crippen LogP contribution >= 0.6 is 0 Å². The molecule has 0 amide bonds. The Balaban J connectivity index is 0.000000671. The maximum absolute atomic E-state index is 10.3. The molecule has 3 nitrogen and oxygen atoms in total. The van der Waals surface area contributed by atoms with Gasteiger partial charge in [-0.3, -0.25) is 4.79 Å². The lowest BCUT2D eigenvalue weighted by Crippen LogP contribution is -2.32. The zero-order valence-electron chi connectivity index (χ0n) is 7.77. The largest absolute Gasteiger partial charge is 0.489 e. The molecule has 0 fully saturated rings. The summed E-state index contributed by atoms with van der Waals surface area (Å²) in [4.78, 5) is 10.3. The molecule has 0 aromatic heterocycles. The molecule has 0 saturated heterocycles. The molecular formula is C9H13BO3. The minimum atomic E-state index is -1.57. The second-order valence-corrected chi connectivity index (χ2v) is 2.12. The molecule has 0 unspecified atom stereocenters. The monoisotopic (exact) mass is 180 g/mol. The SMILES string of the molecule is CC.O=Cc1ccccc1B(O)O. The van der Waals surface area contributed by atoms with E-state index in [0.717, 1.165) is 0 Å². The van der Waals surface area contributed by atoms with Crippen molar-refractivity contribution in [3.63, 3.8) is 0 Å². The molecule has 1 rings (SSSR count). The zero-order valence-corrected chi connectivity index (χ0v) is 7.77. The molecule has 70 valence electrons. The highest BCUT2D eigenvalue weighted by molar-refractivity contribution is 6.60. The van der Waals surface area contributed by atoms with Crippen molar-refractivity contribution in [2.45, 2.75) is 13.8 Å². The summed E-state index contributed by atoms with van der Waals surface area (Å²) in [5.41, 5.74) is 0.546. The fraction of sp³-hybridized carbons (Fsp3) is 0.222. The van der Waals surface area contributed by atoms with Gasteiger partial charge in [0.05, 0.1) is 0 Å². The summed E-state index contributed by atoms with van der Waals surface area (Å²) in [6.45, 7) is 4.00. The van der Waals surface area contributed by atoms with Crippen LogP contribution in [0.3, 0.4) is 0 Å². The Kier molecular flexibility index (Phi) is 5.84. The number of carbonyl (C=O) groups excluding carboxylic acids is 1. The van der Waals surface area contributed by atoms with E-state index in [1.165, 1.54) is 12.1 Å². The van der Waals surface area contributed by atoms with E-state index in [4.69, 9.17) is 10.0 Å². The maximum Gasteiger partial charge on any atom is 0.489 e. The van der Waals surface area contributed by atoms with Gasteiger partial charge in [0.1, 0.15) is 6.29 Å². The van der Waals surface area contributed by atoms with Crippen molar-refractivity contribution in [3.05, 3.63) is 29.8 Å². The van der Waals surface area contributed by atoms with Crippen molar-refractivity contribution in [1.29, 1.82) is 0 Å². The van der Waals surface area contributed by atoms with Gasteiger partial charge >= 0.3 is 7.12 Å². The summed E-state index contributed by atoms with van der Waals surface area (Å²) in [6, 6.07) is 6.33. The van der Waals surface area contributed by atoms with Crippen LogP contribution < -0.4 is 5.46 Å². The van der Waals surface area contributed by atoms with Crippen LogP contribution in [0, 0.1) is 0 Å². The standard InChI is InChI=1S/C7H7BO3.C2H6/c9-5-6-3-1-2-4-7(6)8(10)11;1-2/h1-5,10-11H;1-2H3. The minimum Gasteiger partial charge on any atom is -0.423 e. The van der Waals surface area contributed by atoms with Gasteiger partial charge in [0, 0.05) is 5.56 Å². The van der Waals surface area contributed by atoms with Crippen LogP contribution in [0.2, 0.25) is 0 Å². The van der Waals surface area contributed by atoms with Gasteiger partial charge in [-0.2, -0.15) is 0 Å². The van der Waals surface area contributed by atoms with Crippen LogP contribution in [0.15, 0.2) is 24.3 Å². The van der Waals surface area contributed by atoms with E-state index in [-0.39, 0.29) is 5.46 Å². The first-order valence-corrected chi connectivity index (χ1v) is 4.16. The molecule has 2 N–H and O–H groups in total. The summed E-state index contributed by atoms with van der Waals surface area (Å²) in [6.07, 6.45) is 0.592. The average molecular weight is 180 g/mol. The molecule has 0 heterocycles. The molecule has 0 bridgehead atoms. The molecule has 1 aromatic rings. The van der Waals surface area contributed by atoms with Crippen LogP contribution in [0.4, 0.5) is 0 Å². The molecule has 0 aliphatic carbocycles. The fourth-order valence-corrected chi connectivity index (χ4v) is 0.853. The van der Waals surface area contributed by atoms with Crippen LogP contribution in [-0.4, -0.2) is 23.5 Å². The lowest BCUT2D eigenvalue weighted by molar-refractivity contribution is 0.112. The van der Waals surface area contributed by atoms with Gasteiger partial charge in [-0.1, -0.05) is 38.1 Å². The average Bonchev–Trinajstić information content (AvgIpc) is 2.20. The third-order valence-corrected chi connectivity index (χ3v) is 1.40. The normalized spacial score (nSPS) is 8.31. The van der Waals surface area contributed by atoms with Crippen LogP contribution in [0.1, 0.15) is 24.2 Å². The number of benzene rings is 1. The van der Waals surface area contributed by atoms with E-state index in [1.807, 2.05) is 13.8 Å². The Morgan fingerprint density at radius 2 is 1.77 bits per heavy atom. The molecule has 0 spiro atoms. The smallest absolute Gasteiger partial charge is 0.423 e. The highest BCUT2D eigenvalue weighted by atomic mass is 16.4. The van der Waals surface area contributed by atoms with Crippen molar-refractivity contribution in [2.24, 2.45) is 0 Å². The van der Waals surface area contributed by atoms with Crippen molar-refractivity contribution in [2.75, 3.05) is 0 Å². The second-order valence-electron chi connectivity index (χ2n) is 2.12. The van der Waals surface area contributed by atoms with E-state index in [1.54, 1.807) is 12.1 Å². The first-order valence-electron chi connectivity index (χ1n) is 4.16. The van der Waals surface area contributed by atoms with Crippen LogP contribution in [0.25, 0.3) is 0 Å². The van der Waals surface area contributed by atoms with Gasteiger partial charge in [-0.25, -0.2) is 0 Å². The summed E-state index contributed by atoms with van der Waals surface area (Å²) in [5, 5.41) is 17.5. The number of aldehydes is 1. The summed E-state index contributed by atoms with van der Waals surface area (Å²) >= 11 is 0. The van der Waals surface area contributed by atoms with Crippen molar-refractivity contribution >= 4 is 18.9 Å². The third kappa shape index (κ3) is 3.40. The Bertz CT molecular complexity index is 261. The predicted molar refractivity (Wildman–Crippen MR) is 53.0 cm³/mol. The Hall–Kier alpha value is -1.13. The van der Waals surface area contributed by atoms with Crippen molar-refractivity contribution in [1.82, 2.24) is 0 Å². The van der Waals surface area contributed by atoms with E-state index in [0.29, 0.717) is 11.8 Å². The molecule has 0 atom stereocenters. The van der Waals surface area contributed by atoms with Gasteiger partial charge < -0.3 is 10.0 Å². The second kappa shape index (κ2) is 6.40. The van der Waals surface area contributed by atoms with Gasteiger partial charge in [0.15, 0.2) is 0 Å². The zero-order chi connectivity index (χ0) is 10.3. The summed E-state index contributed by atoms with van der Waals surface area (Å²) in [7, 11) is -1.57. The molecule has 13 heavy (non-hydrogen) atoms.